The highest BCUT2D eigenvalue weighted by molar-refractivity contribution is 8.02. The van der Waals surface area contributed by atoms with Crippen LogP contribution in [-0.2, 0) is 14.4 Å². The van der Waals surface area contributed by atoms with Crippen LogP contribution >= 0.6 is 11.8 Å². The number of anilines is 2. The number of carbonyl (C=O) groups excluding carboxylic acids is 3. The molecule has 3 saturated heterocycles. The zero-order valence-electron chi connectivity index (χ0n) is 21.7. The summed E-state index contributed by atoms with van der Waals surface area (Å²) < 4.78 is -0.705. The molecule has 6 atom stereocenters. The van der Waals surface area contributed by atoms with Crippen molar-refractivity contribution < 1.29 is 19.5 Å². The Bertz CT molecular complexity index is 1200. The van der Waals surface area contributed by atoms with Crippen LogP contribution in [0, 0.1) is 31.6 Å². The summed E-state index contributed by atoms with van der Waals surface area (Å²) >= 11 is 1.63. The first kappa shape index (κ1) is 25.8. The molecule has 7 nitrogen and oxygen atoms in total. The molecule has 5 rings (SSSR count). The van der Waals surface area contributed by atoms with Gasteiger partial charge in [-0.05, 0) is 55.9 Å². The molecule has 0 aliphatic carbocycles. The average molecular weight is 522 g/mol. The summed E-state index contributed by atoms with van der Waals surface area (Å²) in [6.07, 6.45) is 1.46. The summed E-state index contributed by atoms with van der Waals surface area (Å²) in [5.74, 6) is -1.81. The fourth-order valence-corrected chi connectivity index (χ4v) is 8.82. The van der Waals surface area contributed by atoms with Crippen molar-refractivity contribution in [3.63, 3.8) is 0 Å². The first-order valence-corrected chi connectivity index (χ1v) is 13.9. The van der Waals surface area contributed by atoms with E-state index in [1.54, 1.807) is 16.7 Å². The standard InChI is InChI=1S/C29H35N3O4S/c1-16(2)20(15-33)32-25(27(35)31-24-17(3)9-8-10-18(24)4)29-14-13-21(37-29)22(23(29)28(32)36)26(34)30-19-11-6-5-7-12-19/h5-12,16,20-23,25,33H,13-15H2,1-4H3,(H,30,34)(H,31,35)/t20-,21-,22+,23-,25?,29?/m0/s1. The molecule has 3 N–H and O–H groups in total. The van der Waals surface area contributed by atoms with E-state index >= 15 is 0 Å². The maximum absolute atomic E-state index is 14.2. The summed E-state index contributed by atoms with van der Waals surface area (Å²) in [7, 11) is 0. The third-order valence-corrected chi connectivity index (χ3v) is 10.3. The molecule has 2 aromatic carbocycles. The smallest absolute Gasteiger partial charge is 0.248 e. The second kappa shape index (κ2) is 9.80. The summed E-state index contributed by atoms with van der Waals surface area (Å²) in [6, 6.07) is 13.8. The molecule has 1 spiro atoms. The van der Waals surface area contributed by atoms with Crippen LogP contribution in [0.1, 0.15) is 37.8 Å². The van der Waals surface area contributed by atoms with E-state index in [9.17, 15) is 19.5 Å². The number of nitrogens with one attached hydrogen (secondary N) is 2. The van der Waals surface area contributed by atoms with Crippen LogP contribution in [0.25, 0.3) is 0 Å². The number of aliphatic hydroxyl groups excluding tert-OH is 1. The fraction of sp³-hybridized carbons (Fsp3) is 0.483. The number of nitrogens with zero attached hydrogens (tertiary/aromatic N) is 1. The van der Waals surface area contributed by atoms with Crippen molar-refractivity contribution in [2.24, 2.45) is 17.8 Å². The van der Waals surface area contributed by atoms with Crippen molar-refractivity contribution in [1.29, 1.82) is 0 Å². The number of thioether (sulfide) groups is 1. The zero-order chi connectivity index (χ0) is 26.5. The highest BCUT2D eigenvalue weighted by Crippen LogP contribution is 2.67. The number of likely N-dealkylation sites (tertiary alicyclic amines) is 1. The summed E-state index contributed by atoms with van der Waals surface area (Å²) in [5.41, 5.74) is 3.34. The molecule has 3 aliphatic heterocycles. The number of aryl methyl sites for hydroxylation is 2. The van der Waals surface area contributed by atoms with Crippen LogP contribution in [0.3, 0.4) is 0 Å². The van der Waals surface area contributed by atoms with E-state index in [4.69, 9.17) is 0 Å². The molecule has 3 amide bonds. The number of hydrogen-bond donors (Lipinski definition) is 3. The monoisotopic (exact) mass is 521 g/mol. The molecule has 0 radical (unpaired) electrons. The number of rotatable bonds is 7. The Morgan fingerprint density at radius 1 is 1.05 bits per heavy atom. The minimum absolute atomic E-state index is 0.0260. The van der Waals surface area contributed by atoms with Crippen LogP contribution in [0.2, 0.25) is 0 Å². The minimum atomic E-state index is -0.770. The van der Waals surface area contributed by atoms with Crippen molar-refractivity contribution in [3.8, 4) is 0 Å². The van der Waals surface area contributed by atoms with Gasteiger partial charge < -0.3 is 20.6 Å². The Labute approximate surface area is 222 Å². The minimum Gasteiger partial charge on any atom is -0.394 e. The van der Waals surface area contributed by atoms with Crippen LogP contribution in [0.5, 0.6) is 0 Å². The molecule has 3 heterocycles. The molecular weight excluding hydrogens is 486 g/mol. The van der Waals surface area contributed by atoms with Crippen molar-refractivity contribution >= 4 is 40.9 Å². The Balaban J connectivity index is 1.53. The SMILES string of the molecule is Cc1cccc(C)c1NC(=O)C1N([C@@H](CO)C(C)C)C(=O)[C@@H]2[C@H](C(=O)Nc3ccccc3)[C@@H]3CCC12S3. The topological polar surface area (TPSA) is 98.7 Å². The van der Waals surface area contributed by atoms with E-state index in [1.165, 1.54) is 0 Å². The van der Waals surface area contributed by atoms with Gasteiger partial charge in [0, 0.05) is 16.6 Å². The van der Waals surface area contributed by atoms with Crippen molar-refractivity contribution in [2.45, 2.75) is 62.6 Å². The molecule has 0 saturated carbocycles. The van der Waals surface area contributed by atoms with Gasteiger partial charge in [0.25, 0.3) is 0 Å². The lowest BCUT2D eigenvalue weighted by molar-refractivity contribution is -0.142. The lowest BCUT2D eigenvalue weighted by Gasteiger charge is -2.38. The van der Waals surface area contributed by atoms with Gasteiger partial charge >= 0.3 is 0 Å². The second-order valence-electron chi connectivity index (χ2n) is 10.9. The predicted molar refractivity (Wildman–Crippen MR) is 146 cm³/mol. The fourth-order valence-electron chi connectivity index (χ4n) is 6.62. The largest absolute Gasteiger partial charge is 0.394 e. The van der Waals surface area contributed by atoms with Gasteiger partial charge in [0.1, 0.15) is 6.04 Å². The molecule has 0 aromatic heterocycles. The van der Waals surface area contributed by atoms with Crippen molar-refractivity contribution in [3.05, 3.63) is 59.7 Å². The van der Waals surface area contributed by atoms with Gasteiger partial charge in [0.2, 0.25) is 17.7 Å². The first-order valence-electron chi connectivity index (χ1n) is 13.0. The van der Waals surface area contributed by atoms with E-state index < -0.39 is 28.7 Å². The number of para-hydroxylation sites is 2. The number of aliphatic hydroxyl groups is 1. The Kier molecular flexibility index (Phi) is 6.83. The van der Waals surface area contributed by atoms with Crippen LogP contribution in [-0.4, -0.2) is 56.4 Å². The molecule has 3 fully saturated rings. The normalized spacial score (nSPS) is 28.9. The van der Waals surface area contributed by atoms with Crippen LogP contribution in [0.15, 0.2) is 48.5 Å². The van der Waals surface area contributed by atoms with Gasteiger partial charge in [-0.25, -0.2) is 0 Å². The molecule has 2 aromatic rings. The maximum atomic E-state index is 14.2. The average Bonchev–Trinajstić information content (AvgIpc) is 3.50. The number of hydrogen-bond acceptors (Lipinski definition) is 5. The van der Waals surface area contributed by atoms with E-state index in [0.29, 0.717) is 12.1 Å². The van der Waals surface area contributed by atoms with Gasteiger partial charge in [0.05, 0.1) is 29.2 Å². The number of carbonyl (C=O) groups is 3. The zero-order valence-corrected chi connectivity index (χ0v) is 22.5. The van der Waals surface area contributed by atoms with E-state index in [1.807, 2.05) is 76.2 Å². The van der Waals surface area contributed by atoms with Crippen molar-refractivity contribution in [2.75, 3.05) is 17.2 Å². The highest BCUT2D eigenvalue weighted by Gasteiger charge is 2.74. The Hall–Kier alpha value is -2.84. The Morgan fingerprint density at radius 3 is 2.35 bits per heavy atom. The van der Waals surface area contributed by atoms with E-state index in [0.717, 1.165) is 23.2 Å². The second-order valence-corrected chi connectivity index (χ2v) is 12.5. The van der Waals surface area contributed by atoms with Crippen LogP contribution < -0.4 is 10.6 Å². The molecule has 196 valence electrons. The summed E-state index contributed by atoms with van der Waals surface area (Å²) in [5, 5.41) is 16.5. The van der Waals surface area contributed by atoms with Gasteiger partial charge in [-0.1, -0.05) is 50.2 Å². The molecule has 2 bridgehead atoms. The lowest BCUT2D eigenvalue weighted by atomic mass is 9.70. The Morgan fingerprint density at radius 2 is 1.73 bits per heavy atom. The number of benzene rings is 2. The van der Waals surface area contributed by atoms with E-state index in [-0.39, 0.29) is 35.5 Å². The summed E-state index contributed by atoms with van der Waals surface area (Å²) in [6.45, 7) is 7.56. The molecule has 8 heteroatoms. The van der Waals surface area contributed by atoms with E-state index in [2.05, 4.69) is 10.6 Å². The number of fused-ring (bicyclic) bond motifs is 1. The molecule has 37 heavy (non-hydrogen) atoms. The van der Waals surface area contributed by atoms with Gasteiger partial charge in [-0.2, -0.15) is 0 Å². The predicted octanol–water partition coefficient (Wildman–Crippen LogP) is 3.99. The third-order valence-electron chi connectivity index (χ3n) is 8.37. The molecule has 3 aliphatic rings. The quantitative estimate of drug-likeness (QED) is 0.512. The van der Waals surface area contributed by atoms with Gasteiger partial charge in [-0.15, -0.1) is 11.8 Å². The first-order chi connectivity index (χ1) is 17.7. The molecule has 2 unspecified atom stereocenters. The van der Waals surface area contributed by atoms with Crippen molar-refractivity contribution in [1.82, 2.24) is 4.90 Å². The third kappa shape index (κ3) is 4.14. The van der Waals surface area contributed by atoms with Gasteiger partial charge in [0.15, 0.2) is 0 Å². The maximum Gasteiger partial charge on any atom is 0.248 e. The summed E-state index contributed by atoms with van der Waals surface area (Å²) in [4.78, 5) is 43.5. The van der Waals surface area contributed by atoms with Crippen LogP contribution in [0.4, 0.5) is 11.4 Å². The van der Waals surface area contributed by atoms with Gasteiger partial charge in [-0.3, -0.25) is 14.4 Å². The highest BCUT2D eigenvalue weighted by atomic mass is 32.2. The number of amides is 3. The lowest BCUT2D eigenvalue weighted by Crippen LogP contribution is -2.56. The molecular formula is C29H35N3O4S.